The van der Waals surface area contributed by atoms with Gasteiger partial charge in [-0.05, 0) is 45.2 Å². The first-order valence-electron chi connectivity index (χ1n) is 7.84. The smallest absolute Gasteiger partial charge is 0.222 e. The normalized spacial score (nSPS) is 24.4. The first-order chi connectivity index (χ1) is 9.16. The highest BCUT2D eigenvalue weighted by Gasteiger charge is 2.26. The summed E-state index contributed by atoms with van der Waals surface area (Å²) in [7, 11) is 3.68. The van der Waals surface area contributed by atoms with Gasteiger partial charge in [-0.3, -0.25) is 9.69 Å². The maximum Gasteiger partial charge on any atom is 0.222 e. The van der Waals surface area contributed by atoms with Gasteiger partial charge >= 0.3 is 0 Å². The summed E-state index contributed by atoms with van der Waals surface area (Å²) >= 11 is 0. The molecule has 1 aliphatic carbocycles. The van der Waals surface area contributed by atoms with Crippen LogP contribution in [0.4, 0.5) is 0 Å². The zero-order valence-corrected chi connectivity index (χ0v) is 12.5. The SMILES string of the molecule is CN(C)C(=O)CCCN1CCCCC1CNC1CC1. The van der Waals surface area contributed by atoms with Crippen LogP contribution in [0.3, 0.4) is 0 Å². The lowest BCUT2D eigenvalue weighted by Crippen LogP contribution is -2.46. The molecule has 1 heterocycles. The number of amides is 1. The van der Waals surface area contributed by atoms with Crippen molar-refractivity contribution in [3.8, 4) is 0 Å². The van der Waals surface area contributed by atoms with Crippen molar-refractivity contribution in [3.05, 3.63) is 0 Å². The van der Waals surface area contributed by atoms with Crippen molar-refractivity contribution < 1.29 is 4.79 Å². The van der Waals surface area contributed by atoms with Crippen LogP contribution in [-0.2, 0) is 4.79 Å². The number of nitrogens with one attached hydrogen (secondary N) is 1. The van der Waals surface area contributed by atoms with Gasteiger partial charge in [0, 0.05) is 39.1 Å². The van der Waals surface area contributed by atoms with Crippen LogP contribution >= 0.6 is 0 Å². The number of nitrogens with zero attached hydrogens (tertiary/aromatic N) is 2. The van der Waals surface area contributed by atoms with Gasteiger partial charge in [0.2, 0.25) is 5.91 Å². The molecule has 0 aromatic carbocycles. The van der Waals surface area contributed by atoms with E-state index in [9.17, 15) is 4.79 Å². The lowest BCUT2D eigenvalue weighted by molar-refractivity contribution is -0.128. The number of carbonyl (C=O) groups is 1. The molecule has 4 heteroatoms. The summed E-state index contributed by atoms with van der Waals surface area (Å²) in [6, 6.07) is 1.50. The van der Waals surface area contributed by atoms with Crippen LogP contribution in [0.1, 0.15) is 44.9 Å². The molecule has 0 bridgehead atoms. The van der Waals surface area contributed by atoms with Crippen molar-refractivity contribution in [2.75, 3.05) is 33.7 Å². The van der Waals surface area contributed by atoms with Crippen molar-refractivity contribution in [2.45, 2.75) is 57.0 Å². The lowest BCUT2D eigenvalue weighted by atomic mass is 10.0. The molecule has 1 unspecified atom stereocenters. The molecule has 2 rings (SSSR count). The minimum atomic E-state index is 0.254. The van der Waals surface area contributed by atoms with Crippen LogP contribution in [0.5, 0.6) is 0 Å². The third-order valence-corrected chi connectivity index (χ3v) is 4.30. The topological polar surface area (TPSA) is 35.6 Å². The molecule has 1 saturated carbocycles. The van der Waals surface area contributed by atoms with Crippen LogP contribution in [0.25, 0.3) is 0 Å². The van der Waals surface area contributed by atoms with E-state index in [2.05, 4.69) is 10.2 Å². The zero-order valence-electron chi connectivity index (χ0n) is 12.5. The van der Waals surface area contributed by atoms with Gasteiger partial charge < -0.3 is 10.2 Å². The molecule has 1 N–H and O–H groups in total. The molecule has 1 saturated heterocycles. The summed E-state index contributed by atoms with van der Waals surface area (Å²) in [5.74, 6) is 0.254. The molecule has 1 amide bonds. The maximum atomic E-state index is 11.6. The van der Waals surface area contributed by atoms with Crippen molar-refractivity contribution in [2.24, 2.45) is 0 Å². The van der Waals surface area contributed by atoms with Gasteiger partial charge in [0.1, 0.15) is 0 Å². The van der Waals surface area contributed by atoms with Gasteiger partial charge in [0.15, 0.2) is 0 Å². The Labute approximate surface area is 117 Å². The van der Waals surface area contributed by atoms with Crippen LogP contribution in [0, 0.1) is 0 Å². The Hall–Kier alpha value is -0.610. The fourth-order valence-electron chi connectivity index (χ4n) is 2.83. The lowest BCUT2D eigenvalue weighted by Gasteiger charge is -2.36. The van der Waals surface area contributed by atoms with E-state index >= 15 is 0 Å². The Morgan fingerprint density at radius 1 is 1.26 bits per heavy atom. The monoisotopic (exact) mass is 267 g/mol. The van der Waals surface area contributed by atoms with E-state index in [-0.39, 0.29) is 5.91 Å². The molecule has 2 fully saturated rings. The third-order valence-electron chi connectivity index (χ3n) is 4.30. The van der Waals surface area contributed by atoms with Crippen molar-refractivity contribution in [1.29, 1.82) is 0 Å². The quantitative estimate of drug-likeness (QED) is 0.758. The molecular weight excluding hydrogens is 238 g/mol. The largest absolute Gasteiger partial charge is 0.349 e. The molecule has 0 aromatic rings. The molecular formula is C15H29N3O. The van der Waals surface area contributed by atoms with Gasteiger partial charge in [-0.2, -0.15) is 0 Å². The van der Waals surface area contributed by atoms with Crippen molar-refractivity contribution >= 4 is 5.91 Å². The van der Waals surface area contributed by atoms with E-state index < -0.39 is 0 Å². The van der Waals surface area contributed by atoms with Gasteiger partial charge in [0.25, 0.3) is 0 Å². The highest BCUT2D eigenvalue weighted by molar-refractivity contribution is 5.75. The highest BCUT2D eigenvalue weighted by Crippen LogP contribution is 2.21. The summed E-state index contributed by atoms with van der Waals surface area (Å²) in [5.41, 5.74) is 0. The molecule has 110 valence electrons. The van der Waals surface area contributed by atoms with E-state index in [1.165, 1.54) is 38.6 Å². The minimum absolute atomic E-state index is 0.254. The number of carbonyl (C=O) groups excluding carboxylic acids is 1. The second kappa shape index (κ2) is 7.25. The summed E-state index contributed by atoms with van der Waals surface area (Å²) in [5, 5.41) is 3.66. The second-order valence-corrected chi connectivity index (χ2v) is 6.26. The number of hydrogen-bond acceptors (Lipinski definition) is 3. The van der Waals surface area contributed by atoms with Gasteiger partial charge in [0.05, 0.1) is 0 Å². The fraction of sp³-hybridized carbons (Fsp3) is 0.933. The first-order valence-corrected chi connectivity index (χ1v) is 7.84. The molecule has 1 aliphatic heterocycles. The van der Waals surface area contributed by atoms with Crippen LogP contribution in [0.2, 0.25) is 0 Å². The molecule has 0 spiro atoms. The minimum Gasteiger partial charge on any atom is -0.349 e. The molecule has 1 atom stereocenters. The second-order valence-electron chi connectivity index (χ2n) is 6.26. The number of hydrogen-bond donors (Lipinski definition) is 1. The Balaban J connectivity index is 1.67. The first kappa shape index (κ1) is 14.8. The highest BCUT2D eigenvalue weighted by atomic mass is 16.2. The molecule has 0 radical (unpaired) electrons. The Morgan fingerprint density at radius 2 is 2.05 bits per heavy atom. The number of rotatable bonds is 7. The predicted octanol–water partition coefficient (Wildman–Crippen LogP) is 1.46. The molecule has 2 aliphatic rings. The van der Waals surface area contributed by atoms with E-state index in [1.807, 2.05) is 14.1 Å². The van der Waals surface area contributed by atoms with E-state index in [0.29, 0.717) is 12.5 Å². The summed E-state index contributed by atoms with van der Waals surface area (Å²) in [6.07, 6.45) is 8.42. The standard InChI is InChI=1S/C15H29N3O/c1-17(2)15(19)7-5-11-18-10-4-3-6-14(18)12-16-13-8-9-13/h13-14,16H,3-12H2,1-2H3. The van der Waals surface area contributed by atoms with Gasteiger partial charge in [-0.25, -0.2) is 0 Å². The Morgan fingerprint density at radius 3 is 2.74 bits per heavy atom. The van der Waals surface area contributed by atoms with Gasteiger partial charge in [-0.15, -0.1) is 0 Å². The maximum absolute atomic E-state index is 11.6. The van der Waals surface area contributed by atoms with Crippen molar-refractivity contribution in [1.82, 2.24) is 15.1 Å². The predicted molar refractivity (Wildman–Crippen MR) is 78.2 cm³/mol. The number of piperidine rings is 1. The average molecular weight is 267 g/mol. The summed E-state index contributed by atoms with van der Waals surface area (Å²) in [6.45, 7) is 3.44. The van der Waals surface area contributed by atoms with E-state index in [4.69, 9.17) is 0 Å². The van der Waals surface area contributed by atoms with Crippen LogP contribution < -0.4 is 5.32 Å². The Kier molecular flexibility index (Phi) is 5.64. The zero-order chi connectivity index (χ0) is 13.7. The van der Waals surface area contributed by atoms with Crippen LogP contribution in [-0.4, -0.2) is 61.5 Å². The van der Waals surface area contributed by atoms with Crippen LogP contribution in [0.15, 0.2) is 0 Å². The fourth-order valence-corrected chi connectivity index (χ4v) is 2.83. The van der Waals surface area contributed by atoms with E-state index in [1.54, 1.807) is 4.90 Å². The third kappa shape index (κ3) is 5.11. The molecule has 0 aromatic heterocycles. The number of likely N-dealkylation sites (tertiary alicyclic amines) is 1. The summed E-state index contributed by atoms with van der Waals surface area (Å²) in [4.78, 5) is 15.9. The molecule has 4 nitrogen and oxygen atoms in total. The summed E-state index contributed by atoms with van der Waals surface area (Å²) < 4.78 is 0. The molecule has 19 heavy (non-hydrogen) atoms. The Bertz CT molecular complexity index is 289. The van der Waals surface area contributed by atoms with Crippen molar-refractivity contribution in [3.63, 3.8) is 0 Å². The van der Waals surface area contributed by atoms with E-state index in [0.717, 1.165) is 25.6 Å². The average Bonchev–Trinajstić information content (AvgIpc) is 3.21. The van der Waals surface area contributed by atoms with Gasteiger partial charge in [-0.1, -0.05) is 6.42 Å².